The number of hydrogen-bond acceptors (Lipinski definition) is 8. The second-order valence-corrected chi connectivity index (χ2v) is 11.7. The summed E-state index contributed by atoms with van der Waals surface area (Å²) in [5, 5.41) is 19.1. The van der Waals surface area contributed by atoms with Gasteiger partial charge in [-0.2, -0.15) is 5.10 Å². The number of amides is 2. The maximum Gasteiger partial charge on any atom is 0.261 e. The Balaban J connectivity index is 0.00000461. The molecule has 2 aromatic carbocycles. The van der Waals surface area contributed by atoms with Crippen molar-refractivity contribution in [3.63, 3.8) is 0 Å². The Morgan fingerprint density at radius 2 is 1.84 bits per heavy atom. The standard InChI is InChI=1S/C32H40N8O4.ClH/c1-37(2)14-10-29(41)36-24-8-9-25-27(19-24)34-22-39(30(25)42)21-32(44)11-15-38(16-12-32)31(43)26-20-35-40(17-13-33)28(26)18-23-6-4-3-5-7-23;/h3-9,19-20,22,44H,10-18,21,33H2,1-2H3,(H,36,41);1H. The van der Waals surface area contributed by atoms with E-state index in [-0.39, 0.29) is 36.3 Å². The largest absolute Gasteiger partial charge is 0.388 e. The average Bonchev–Trinajstić information content (AvgIpc) is 3.40. The van der Waals surface area contributed by atoms with Crippen molar-refractivity contribution in [2.75, 3.05) is 45.6 Å². The van der Waals surface area contributed by atoms with Gasteiger partial charge >= 0.3 is 0 Å². The van der Waals surface area contributed by atoms with Crippen molar-refractivity contribution < 1.29 is 14.7 Å². The van der Waals surface area contributed by atoms with Crippen LogP contribution in [0.25, 0.3) is 10.9 Å². The van der Waals surface area contributed by atoms with Crippen LogP contribution in [0.15, 0.2) is 65.8 Å². The maximum absolute atomic E-state index is 13.6. The number of piperidine rings is 1. The molecule has 45 heavy (non-hydrogen) atoms. The number of nitrogens with one attached hydrogen (secondary N) is 1. The van der Waals surface area contributed by atoms with Crippen LogP contribution >= 0.6 is 12.4 Å². The Bertz CT molecular complexity index is 1680. The van der Waals surface area contributed by atoms with Crippen LogP contribution in [0.1, 0.15) is 40.9 Å². The highest BCUT2D eigenvalue weighted by atomic mass is 35.5. The Kier molecular flexibility index (Phi) is 11.1. The molecule has 5 rings (SSSR count). The van der Waals surface area contributed by atoms with Crippen molar-refractivity contribution in [2.24, 2.45) is 5.73 Å². The van der Waals surface area contributed by atoms with Crippen LogP contribution in [-0.2, 0) is 24.3 Å². The third-order valence-electron chi connectivity index (χ3n) is 8.08. The van der Waals surface area contributed by atoms with E-state index in [4.69, 9.17) is 5.73 Å². The molecule has 4 N–H and O–H groups in total. The minimum absolute atomic E-state index is 0. The first-order chi connectivity index (χ1) is 21.2. The number of fused-ring (bicyclic) bond motifs is 1. The van der Waals surface area contributed by atoms with Gasteiger partial charge in [-0.05, 0) is 50.7 Å². The van der Waals surface area contributed by atoms with Gasteiger partial charge in [0.15, 0.2) is 0 Å². The molecule has 4 aromatic rings. The number of anilines is 1. The van der Waals surface area contributed by atoms with Gasteiger partial charge in [0.25, 0.3) is 11.5 Å². The number of benzene rings is 2. The Morgan fingerprint density at radius 1 is 1.11 bits per heavy atom. The minimum atomic E-state index is -1.17. The Labute approximate surface area is 268 Å². The van der Waals surface area contributed by atoms with Gasteiger partial charge in [0.1, 0.15) is 0 Å². The van der Waals surface area contributed by atoms with Crippen LogP contribution in [0, 0.1) is 0 Å². The lowest BCUT2D eigenvalue weighted by Gasteiger charge is -2.38. The number of hydrogen-bond donors (Lipinski definition) is 3. The van der Waals surface area contributed by atoms with E-state index in [1.807, 2.05) is 49.3 Å². The van der Waals surface area contributed by atoms with E-state index < -0.39 is 5.60 Å². The fourth-order valence-corrected chi connectivity index (χ4v) is 5.55. The summed E-state index contributed by atoms with van der Waals surface area (Å²) >= 11 is 0. The zero-order chi connectivity index (χ0) is 31.3. The van der Waals surface area contributed by atoms with Crippen LogP contribution in [0.3, 0.4) is 0 Å². The molecule has 0 atom stereocenters. The summed E-state index contributed by atoms with van der Waals surface area (Å²) in [4.78, 5) is 47.2. The Morgan fingerprint density at radius 3 is 2.53 bits per heavy atom. The summed E-state index contributed by atoms with van der Waals surface area (Å²) in [6.45, 7) is 2.30. The first-order valence-corrected chi connectivity index (χ1v) is 14.9. The summed E-state index contributed by atoms with van der Waals surface area (Å²) in [5.74, 6) is -0.245. The van der Waals surface area contributed by atoms with Crippen molar-refractivity contribution >= 4 is 40.8 Å². The van der Waals surface area contributed by atoms with Gasteiger partial charge in [-0.3, -0.25) is 23.6 Å². The summed E-state index contributed by atoms with van der Waals surface area (Å²) in [6.07, 6.45) is 4.58. The number of carbonyl (C=O) groups is 2. The van der Waals surface area contributed by atoms with Gasteiger partial charge in [0, 0.05) is 44.7 Å². The van der Waals surface area contributed by atoms with Crippen molar-refractivity contribution in [3.05, 3.63) is 88.2 Å². The molecule has 240 valence electrons. The number of likely N-dealkylation sites (tertiary alicyclic amines) is 1. The molecule has 0 unspecified atom stereocenters. The fourth-order valence-electron chi connectivity index (χ4n) is 5.55. The topological polar surface area (TPSA) is 152 Å². The molecule has 0 radical (unpaired) electrons. The number of aliphatic hydroxyl groups is 1. The van der Waals surface area contributed by atoms with Crippen molar-refractivity contribution in [1.82, 2.24) is 29.1 Å². The van der Waals surface area contributed by atoms with E-state index in [2.05, 4.69) is 15.4 Å². The molecule has 3 heterocycles. The molecule has 0 spiro atoms. The molecule has 1 aliphatic rings. The third kappa shape index (κ3) is 8.14. The second-order valence-electron chi connectivity index (χ2n) is 11.7. The van der Waals surface area contributed by atoms with Crippen LogP contribution in [0.2, 0.25) is 0 Å². The molecular weight excluding hydrogens is 596 g/mol. The minimum Gasteiger partial charge on any atom is -0.388 e. The van der Waals surface area contributed by atoms with Gasteiger partial charge in [-0.25, -0.2) is 4.98 Å². The normalized spacial score (nSPS) is 14.4. The van der Waals surface area contributed by atoms with E-state index in [0.717, 1.165) is 11.3 Å². The first-order valence-electron chi connectivity index (χ1n) is 14.9. The highest BCUT2D eigenvalue weighted by molar-refractivity contribution is 5.95. The van der Waals surface area contributed by atoms with Crippen molar-refractivity contribution in [3.8, 4) is 0 Å². The highest BCUT2D eigenvalue weighted by Gasteiger charge is 2.36. The van der Waals surface area contributed by atoms with Gasteiger partial charge in [0.2, 0.25) is 5.91 Å². The summed E-state index contributed by atoms with van der Waals surface area (Å²) in [5.41, 5.74) is 7.81. The third-order valence-corrected chi connectivity index (χ3v) is 8.08. The van der Waals surface area contributed by atoms with Crippen LogP contribution in [0.4, 0.5) is 5.69 Å². The van der Waals surface area contributed by atoms with Gasteiger partial charge in [0.05, 0.1) is 53.4 Å². The maximum atomic E-state index is 13.6. The van der Waals surface area contributed by atoms with Crippen LogP contribution in [-0.4, -0.2) is 91.9 Å². The number of carbonyl (C=O) groups excluding carboxylic acids is 2. The lowest BCUT2D eigenvalue weighted by Crippen LogP contribution is -2.49. The molecule has 1 aliphatic heterocycles. The number of rotatable bonds is 11. The number of aromatic nitrogens is 4. The zero-order valence-electron chi connectivity index (χ0n) is 25.7. The summed E-state index contributed by atoms with van der Waals surface area (Å²) < 4.78 is 3.21. The quantitative estimate of drug-likeness (QED) is 0.226. The fraction of sp³-hybridized carbons (Fsp3) is 0.406. The smallest absolute Gasteiger partial charge is 0.261 e. The highest BCUT2D eigenvalue weighted by Crippen LogP contribution is 2.26. The van der Waals surface area contributed by atoms with E-state index >= 15 is 0 Å². The van der Waals surface area contributed by atoms with Crippen molar-refractivity contribution in [2.45, 2.75) is 44.4 Å². The molecule has 0 bridgehead atoms. The summed E-state index contributed by atoms with van der Waals surface area (Å²) in [6, 6.07) is 14.9. The average molecular weight is 637 g/mol. The molecule has 13 heteroatoms. The first kappa shape index (κ1) is 33.8. The van der Waals surface area contributed by atoms with Gasteiger partial charge < -0.3 is 26.0 Å². The van der Waals surface area contributed by atoms with E-state index in [1.165, 1.54) is 10.9 Å². The van der Waals surface area contributed by atoms with E-state index in [9.17, 15) is 19.5 Å². The van der Waals surface area contributed by atoms with E-state index in [0.29, 0.717) is 80.6 Å². The van der Waals surface area contributed by atoms with Crippen molar-refractivity contribution in [1.29, 1.82) is 0 Å². The molecule has 2 amide bonds. The lowest BCUT2D eigenvalue weighted by molar-refractivity contribution is -0.116. The molecular formula is C32H41ClN8O4. The zero-order valence-corrected chi connectivity index (χ0v) is 26.5. The molecule has 1 saturated heterocycles. The number of nitrogens with two attached hydrogens (primary N) is 1. The molecule has 2 aromatic heterocycles. The Hall–Kier alpha value is -4.10. The SMILES string of the molecule is CN(C)CCC(=O)Nc1ccc2c(=O)n(CC3(O)CCN(C(=O)c4cnn(CCN)c4Cc4ccccc4)CC3)cnc2c1.Cl. The molecule has 0 saturated carbocycles. The number of nitrogens with zero attached hydrogens (tertiary/aromatic N) is 6. The molecule has 0 aliphatic carbocycles. The molecule has 1 fully saturated rings. The van der Waals surface area contributed by atoms with E-state index in [1.54, 1.807) is 34.0 Å². The van der Waals surface area contributed by atoms with Crippen LogP contribution in [0.5, 0.6) is 0 Å². The monoisotopic (exact) mass is 636 g/mol. The van der Waals surface area contributed by atoms with Crippen LogP contribution < -0.4 is 16.6 Å². The lowest BCUT2D eigenvalue weighted by atomic mass is 9.90. The van der Waals surface area contributed by atoms with Gasteiger partial charge in [-0.15, -0.1) is 12.4 Å². The summed E-state index contributed by atoms with van der Waals surface area (Å²) in [7, 11) is 3.81. The second kappa shape index (κ2) is 14.8. The number of halogens is 1. The van der Waals surface area contributed by atoms with Gasteiger partial charge in [-0.1, -0.05) is 30.3 Å². The molecule has 12 nitrogen and oxygen atoms in total. The predicted molar refractivity (Wildman–Crippen MR) is 176 cm³/mol. The predicted octanol–water partition coefficient (Wildman–Crippen LogP) is 2.12.